The van der Waals surface area contributed by atoms with Gasteiger partial charge in [-0.05, 0) is 42.7 Å². The lowest BCUT2D eigenvalue weighted by Crippen LogP contribution is -2.30. The average Bonchev–Trinajstić information content (AvgIpc) is 3.04. The number of carbonyl (C=O) groups excluding carboxylic acids is 2. The lowest BCUT2D eigenvalue weighted by Gasteiger charge is -2.17. The first-order chi connectivity index (χ1) is 13.0. The first kappa shape index (κ1) is 19.2. The van der Waals surface area contributed by atoms with Gasteiger partial charge >= 0.3 is 0 Å². The number of halogens is 1. The number of nitrogens with one attached hydrogen (secondary N) is 1. The number of hydrogen-bond donors (Lipinski definition) is 1. The van der Waals surface area contributed by atoms with E-state index in [1.54, 1.807) is 18.1 Å². The Balaban J connectivity index is 1.57. The molecule has 1 saturated heterocycles. The molecule has 0 aromatic heterocycles. The molecule has 1 aliphatic rings. The summed E-state index contributed by atoms with van der Waals surface area (Å²) in [6.45, 7) is 2.90. The molecular formula is C21H23ClN2O3. The molecule has 0 bridgehead atoms. The number of benzene rings is 2. The molecule has 0 saturated carbocycles. The van der Waals surface area contributed by atoms with Crippen molar-refractivity contribution in [1.82, 2.24) is 4.90 Å². The van der Waals surface area contributed by atoms with Gasteiger partial charge in [-0.1, -0.05) is 35.9 Å². The van der Waals surface area contributed by atoms with Gasteiger partial charge in [0.1, 0.15) is 5.75 Å². The molecular weight excluding hydrogens is 364 g/mol. The monoisotopic (exact) mass is 386 g/mol. The molecule has 2 aromatic rings. The maximum Gasteiger partial charge on any atom is 0.229 e. The van der Waals surface area contributed by atoms with Gasteiger partial charge in [-0.2, -0.15) is 0 Å². The van der Waals surface area contributed by atoms with Gasteiger partial charge in [0.15, 0.2) is 0 Å². The summed E-state index contributed by atoms with van der Waals surface area (Å²) in [5.41, 5.74) is 2.65. The Bertz CT molecular complexity index is 853. The number of likely N-dealkylation sites (tertiary alicyclic amines) is 1. The normalized spacial score (nSPS) is 16.5. The molecule has 1 unspecified atom stereocenters. The Kier molecular flexibility index (Phi) is 6.01. The fraction of sp³-hybridized carbons (Fsp3) is 0.333. The van der Waals surface area contributed by atoms with Crippen LogP contribution in [0.25, 0.3) is 0 Å². The van der Waals surface area contributed by atoms with E-state index in [-0.39, 0.29) is 24.2 Å². The summed E-state index contributed by atoms with van der Waals surface area (Å²) < 4.78 is 5.35. The van der Waals surface area contributed by atoms with E-state index in [4.69, 9.17) is 16.3 Å². The zero-order valence-electron chi connectivity index (χ0n) is 15.5. The van der Waals surface area contributed by atoms with Gasteiger partial charge in [0.25, 0.3) is 0 Å². The highest BCUT2D eigenvalue weighted by atomic mass is 35.5. The molecule has 3 rings (SSSR count). The third-order valence-electron chi connectivity index (χ3n) is 4.87. The highest BCUT2D eigenvalue weighted by Crippen LogP contribution is 2.24. The standard InChI is InChI=1S/C21H23ClN2O3/c1-14-7-8-17(12-18(14)22)23-21(26)16-11-20(25)24(13-16)10-9-15-5-3-4-6-19(15)27-2/h3-8,12,16H,9-11,13H2,1-2H3,(H,23,26). The average molecular weight is 387 g/mol. The van der Waals surface area contributed by atoms with Crippen LogP contribution < -0.4 is 10.1 Å². The molecule has 1 atom stereocenters. The number of aryl methyl sites for hydroxylation is 1. The molecule has 1 N–H and O–H groups in total. The van der Waals surface area contributed by atoms with Crippen LogP contribution in [0.5, 0.6) is 5.75 Å². The summed E-state index contributed by atoms with van der Waals surface area (Å²) in [6.07, 6.45) is 0.926. The SMILES string of the molecule is COc1ccccc1CCN1CC(C(=O)Nc2ccc(C)c(Cl)c2)CC1=O. The zero-order chi connectivity index (χ0) is 19.4. The number of rotatable bonds is 6. The first-order valence-corrected chi connectivity index (χ1v) is 9.32. The van der Waals surface area contributed by atoms with Crippen molar-refractivity contribution in [3.05, 3.63) is 58.6 Å². The van der Waals surface area contributed by atoms with E-state index < -0.39 is 0 Å². The van der Waals surface area contributed by atoms with E-state index >= 15 is 0 Å². The summed E-state index contributed by atoms with van der Waals surface area (Å²) in [7, 11) is 1.64. The minimum atomic E-state index is -0.352. The van der Waals surface area contributed by atoms with Crippen LogP contribution in [0.4, 0.5) is 5.69 Å². The van der Waals surface area contributed by atoms with Crippen molar-refractivity contribution in [3.63, 3.8) is 0 Å². The van der Waals surface area contributed by atoms with Crippen LogP contribution in [0.15, 0.2) is 42.5 Å². The van der Waals surface area contributed by atoms with E-state index in [0.29, 0.717) is 30.2 Å². The number of carbonyl (C=O) groups is 2. The highest BCUT2D eigenvalue weighted by Gasteiger charge is 2.34. The smallest absolute Gasteiger partial charge is 0.229 e. The quantitative estimate of drug-likeness (QED) is 0.823. The van der Waals surface area contributed by atoms with Crippen molar-refractivity contribution >= 4 is 29.1 Å². The van der Waals surface area contributed by atoms with E-state index in [1.165, 1.54) is 0 Å². The van der Waals surface area contributed by atoms with Gasteiger partial charge in [-0.25, -0.2) is 0 Å². The number of methoxy groups -OCH3 is 1. The van der Waals surface area contributed by atoms with Crippen LogP contribution in [-0.2, 0) is 16.0 Å². The van der Waals surface area contributed by atoms with Crippen molar-refractivity contribution in [2.45, 2.75) is 19.8 Å². The van der Waals surface area contributed by atoms with E-state index in [0.717, 1.165) is 16.9 Å². The zero-order valence-corrected chi connectivity index (χ0v) is 16.3. The second-order valence-corrected chi connectivity index (χ2v) is 7.16. The maximum atomic E-state index is 12.5. The molecule has 0 aliphatic carbocycles. The second-order valence-electron chi connectivity index (χ2n) is 6.76. The van der Waals surface area contributed by atoms with Gasteiger partial charge in [0, 0.05) is 30.2 Å². The fourth-order valence-corrected chi connectivity index (χ4v) is 3.42. The van der Waals surface area contributed by atoms with Crippen molar-refractivity contribution < 1.29 is 14.3 Å². The van der Waals surface area contributed by atoms with Crippen LogP contribution in [0.1, 0.15) is 17.5 Å². The topological polar surface area (TPSA) is 58.6 Å². The third kappa shape index (κ3) is 4.61. The number of hydrogen-bond acceptors (Lipinski definition) is 3. The Hall–Kier alpha value is -2.53. The number of amides is 2. The van der Waals surface area contributed by atoms with Gasteiger partial charge < -0.3 is 15.0 Å². The molecule has 0 radical (unpaired) electrons. The number of para-hydroxylation sites is 1. The predicted octanol–water partition coefficient (Wildman–Crippen LogP) is 3.69. The van der Waals surface area contributed by atoms with Crippen molar-refractivity contribution in [2.24, 2.45) is 5.92 Å². The summed E-state index contributed by atoms with van der Waals surface area (Å²) in [5.74, 6) is 0.319. The van der Waals surface area contributed by atoms with Gasteiger partial charge in [0.05, 0.1) is 13.0 Å². The molecule has 2 amide bonds. The lowest BCUT2D eigenvalue weighted by molar-refractivity contribution is -0.128. The van der Waals surface area contributed by atoms with Gasteiger partial charge in [-0.15, -0.1) is 0 Å². The molecule has 5 nitrogen and oxygen atoms in total. The predicted molar refractivity (Wildman–Crippen MR) is 106 cm³/mol. The fourth-order valence-electron chi connectivity index (χ4n) is 3.24. The minimum absolute atomic E-state index is 0.00647. The second kappa shape index (κ2) is 8.44. The molecule has 1 fully saturated rings. The summed E-state index contributed by atoms with van der Waals surface area (Å²) in [4.78, 5) is 26.6. The van der Waals surface area contributed by atoms with Crippen molar-refractivity contribution in [2.75, 3.05) is 25.5 Å². The molecule has 2 aromatic carbocycles. The molecule has 6 heteroatoms. The van der Waals surface area contributed by atoms with Crippen LogP contribution in [0.2, 0.25) is 5.02 Å². The Labute approximate surface area is 164 Å². The maximum absolute atomic E-state index is 12.5. The molecule has 1 heterocycles. The summed E-state index contributed by atoms with van der Waals surface area (Å²) in [6, 6.07) is 13.2. The molecule has 27 heavy (non-hydrogen) atoms. The van der Waals surface area contributed by atoms with E-state index in [9.17, 15) is 9.59 Å². The van der Waals surface area contributed by atoms with Gasteiger partial charge in [-0.3, -0.25) is 9.59 Å². The number of anilines is 1. The van der Waals surface area contributed by atoms with Crippen molar-refractivity contribution in [3.8, 4) is 5.75 Å². The van der Waals surface area contributed by atoms with E-state index in [2.05, 4.69) is 5.32 Å². The highest BCUT2D eigenvalue weighted by molar-refractivity contribution is 6.31. The molecule has 1 aliphatic heterocycles. The van der Waals surface area contributed by atoms with Gasteiger partial charge in [0.2, 0.25) is 11.8 Å². The van der Waals surface area contributed by atoms with Crippen LogP contribution >= 0.6 is 11.6 Å². The van der Waals surface area contributed by atoms with E-state index in [1.807, 2.05) is 43.3 Å². The Morgan fingerprint density at radius 3 is 2.81 bits per heavy atom. The van der Waals surface area contributed by atoms with Crippen LogP contribution in [-0.4, -0.2) is 36.9 Å². The number of nitrogens with zero attached hydrogens (tertiary/aromatic N) is 1. The van der Waals surface area contributed by atoms with Crippen LogP contribution in [0.3, 0.4) is 0 Å². The molecule has 142 valence electrons. The molecule has 0 spiro atoms. The largest absolute Gasteiger partial charge is 0.496 e. The Morgan fingerprint density at radius 2 is 2.07 bits per heavy atom. The lowest BCUT2D eigenvalue weighted by atomic mass is 10.1. The minimum Gasteiger partial charge on any atom is -0.496 e. The number of ether oxygens (including phenoxy) is 1. The summed E-state index contributed by atoms with van der Waals surface area (Å²) in [5, 5.41) is 3.47. The third-order valence-corrected chi connectivity index (χ3v) is 5.28. The summed E-state index contributed by atoms with van der Waals surface area (Å²) >= 11 is 6.10. The van der Waals surface area contributed by atoms with Crippen LogP contribution in [0, 0.1) is 12.8 Å². The van der Waals surface area contributed by atoms with Crippen molar-refractivity contribution in [1.29, 1.82) is 0 Å². The first-order valence-electron chi connectivity index (χ1n) is 8.94. The Morgan fingerprint density at radius 1 is 1.30 bits per heavy atom.